The number of rotatable bonds is 7. The number of amides is 2. The minimum absolute atomic E-state index is 0.0770. The van der Waals surface area contributed by atoms with Gasteiger partial charge in [-0.05, 0) is 38.0 Å². The number of benzene rings is 1. The van der Waals surface area contributed by atoms with Crippen molar-refractivity contribution in [3.05, 3.63) is 29.0 Å². The maximum absolute atomic E-state index is 13.3. The van der Waals surface area contributed by atoms with Gasteiger partial charge in [0.2, 0.25) is 15.9 Å². The molecule has 11 heteroatoms. The summed E-state index contributed by atoms with van der Waals surface area (Å²) in [6, 6.07) is 3.27. The summed E-state index contributed by atoms with van der Waals surface area (Å²) >= 11 is 5.68. The Bertz CT molecular complexity index is 813. The van der Waals surface area contributed by atoms with Crippen molar-refractivity contribution in [2.75, 3.05) is 32.8 Å². The number of halogens is 2. The first-order valence-electron chi connectivity index (χ1n) is 8.89. The predicted octanol–water partition coefficient (Wildman–Crippen LogP) is 1.74. The third kappa shape index (κ3) is 5.79. The second kappa shape index (κ2) is 10.0. The predicted molar refractivity (Wildman–Crippen MR) is 101 cm³/mol. The minimum Gasteiger partial charge on any atom is -0.450 e. The van der Waals surface area contributed by atoms with Crippen molar-refractivity contribution in [2.45, 2.75) is 24.7 Å². The maximum atomic E-state index is 13.3. The van der Waals surface area contributed by atoms with E-state index in [-0.39, 0.29) is 54.5 Å². The van der Waals surface area contributed by atoms with E-state index >= 15 is 0 Å². The van der Waals surface area contributed by atoms with Crippen molar-refractivity contribution in [3.63, 3.8) is 0 Å². The Labute approximate surface area is 168 Å². The fourth-order valence-electron chi connectivity index (χ4n) is 2.82. The van der Waals surface area contributed by atoms with E-state index in [2.05, 4.69) is 10.6 Å². The van der Waals surface area contributed by atoms with Gasteiger partial charge in [0.25, 0.3) is 0 Å². The Morgan fingerprint density at radius 1 is 1.25 bits per heavy atom. The van der Waals surface area contributed by atoms with Crippen LogP contribution in [0, 0.1) is 11.7 Å². The summed E-state index contributed by atoms with van der Waals surface area (Å²) in [5.74, 6) is -1.19. The molecule has 1 saturated heterocycles. The summed E-state index contributed by atoms with van der Waals surface area (Å²) in [6.07, 6.45) is 0.188. The normalized spacial score (nSPS) is 15.8. The second-order valence-electron chi connectivity index (χ2n) is 6.19. The first-order valence-corrected chi connectivity index (χ1v) is 10.7. The van der Waals surface area contributed by atoms with E-state index in [9.17, 15) is 22.4 Å². The van der Waals surface area contributed by atoms with E-state index in [1.807, 2.05) is 0 Å². The summed E-state index contributed by atoms with van der Waals surface area (Å²) in [4.78, 5) is 23.3. The Kier molecular flexibility index (Phi) is 8.02. The molecule has 0 atom stereocenters. The van der Waals surface area contributed by atoms with E-state index in [1.165, 1.54) is 10.4 Å². The number of alkyl carbamates (subject to hydrolysis) is 1. The number of hydrogen-bond acceptors (Lipinski definition) is 5. The first-order chi connectivity index (χ1) is 13.3. The fourth-order valence-corrected chi connectivity index (χ4v) is 4.56. The van der Waals surface area contributed by atoms with Gasteiger partial charge in [-0.25, -0.2) is 17.6 Å². The van der Waals surface area contributed by atoms with Crippen LogP contribution in [0.15, 0.2) is 23.1 Å². The maximum Gasteiger partial charge on any atom is 0.407 e. The molecule has 28 heavy (non-hydrogen) atoms. The summed E-state index contributed by atoms with van der Waals surface area (Å²) in [7, 11) is -3.80. The van der Waals surface area contributed by atoms with Gasteiger partial charge in [-0.3, -0.25) is 4.79 Å². The molecule has 1 aliphatic heterocycles. The molecule has 0 bridgehead atoms. The molecule has 0 saturated carbocycles. The molecule has 2 N–H and O–H groups in total. The number of ether oxygens (including phenoxy) is 1. The number of nitrogens with one attached hydrogen (secondary N) is 2. The van der Waals surface area contributed by atoms with Gasteiger partial charge in [0.05, 0.1) is 16.5 Å². The second-order valence-corrected chi connectivity index (χ2v) is 8.54. The Balaban J connectivity index is 1.82. The lowest BCUT2D eigenvalue weighted by molar-refractivity contribution is -0.126. The van der Waals surface area contributed by atoms with E-state index in [0.29, 0.717) is 12.8 Å². The van der Waals surface area contributed by atoms with Crippen LogP contribution in [-0.2, 0) is 19.6 Å². The molecule has 8 nitrogen and oxygen atoms in total. The average Bonchev–Trinajstić information content (AvgIpc) is 2.67. The van der Waals surface area contributed by atoms with Crippen LogP contribution in [0.1, 0.15) is 19.8 Å². The molecule has 1 fully saturated rings. The zero-order chi connectivity index (χ0) is 20.7. The van der Waals surface area contributed by atoms with Crippen LogP contribution >= 0.6 is 11.6 Å². The topological polar surface area (TPSA) is 105 Å². The molecular formula is C17H23ClFN3O5S. The quantitative estimate of drug-likeness (QED) is 0.635. The third-order valence-electron chi connectivity index (χ3n) is 4.32. The molecule has 1 heterocycles. The van der Waals surface area contributed by atoms with Crippen molar-refractivity contribution < 1.29 is 27.1 Å². The molecule has 1 aromatic rings. The number of sulfonamides is 1. The zero-order valence-corrected chi connectivity index (χ0v) is 17.0. The van der Waals surface area contributed by atoms with Crippen molar-refractivity contribution in [1.82, 2.24) is 14.9 Å². The molecule has 1 aromatic carbocycles. The molecule has 0 spiro atoms. The SMILES string of the molecule is CCOC(=O)NCCNC(=O)C1CCN(S(=O)(=O)c2ccc(F)c(Cl)c2)CC1. The van der Waals surface area contributed by atoms with Crippen LogP contribution in [0.3, 0.4) is 0 Å². The summed E-state index contributed by atoms with van der Waals surface area (Å²) in [5, 5.41) is 4.95. The average molecular weight is 436 g/mol. The summed E-state index contributed by atoms with van der Waals surface area (Å²) in [5.41, 5.74) is 0. The largest absolute Gasteiger partial charge is 0.450 e. The summed E-state index contributed by atoms with van der Waals surface area (Å²) < 4.78 is 44.5. The Hall–Kier alpha value is -1.91. The fraction of sp³-hybridized carbons (Fsp3) is 0.529. The van der Waals surface area contributed by atoms with Gasteiger partial charge in [0.1, 0.15) is 5.82 Å². The number of hydrogen-bond donors (Lipinski definition) is 2. The number of piperidine rings is 1. The van der Waals surface area contributed by atoms with Gasteiger partial charge < -0.3 is 15.4 Å². The number of carbonyl (C=O) groups excluding carboxylic acids is 2. The molecule has 2 rings (SSSR count). The standard InChI is InChI=1S/C17H23ClFN3O5S/c1-2-27-17(24)21-8-7-20-16(23)12-5-9-22(10-6-12)28(25,26)13-3-4-15(19)14(18)11-13/h3-4,11-12H,2,5-10H2,1H3,(H,20,23)(H,21,24). The summed E-state index contributed by atoms with van der Waals surface area (Å²) in [6.45, 7) is 2.81. The third-order valence-corrected chi connectivity index (χ3v) is 6.51. The van der Waals surface area contributed by atoms with Crippen molar-refractivity contribution in [2.24, 2.45) is 5.92 Å². The van der Waals surface area contributed by atoms with E-state index in [0.717, 1.165) is 12.1 Å². The van der Waals surface area contributed by atoms with Gasteiger partial charge in [-0.2, -0.15) is 4.31 Å². The van der Waals surface area contributed by atoms with Crippen LogP contribution in [0.5, 0.6) is 0 Å². The molecule has 0 aliphatic carbocycles. The lowest BCUT2D eigenvalue weighted by atomic mass is 9.97. The first kappa shape index (κ1) is 22.4. The van der Waals surface area contributed by atoms with Crippen LogP contribution in [-0.4, -0.2) is 57.5 Å². The molecule has 0 radical (unpaired) electrons. The molecule has 156 valence electrons. The Morgan fingerprint density at radius 3 is 2.50 bits per heavy atom. The smallest absolute Gasteiger partial charge is 0.407 e. The van der Waals surface area contributed by atoms with Gasteiger partial charge >= 0.3 is 6.09 Å². The molecule has 0 aromatic heterocycles. The molecule has 2 amide bonds. The van der Waals surface area contributed by atoms with Gasteiger partial charge in [-0.15, -0.1) is 0 Å². The molecular weight excluding hydrogens is 413 g/mol. The van der Waals surface area contributed by atoms with Gasteiger partial charge in [0.15, 0.2) is 0 Å². The van der Waals surface area contributed by atoms with Crippen molar-refractivity contribution in [3.8, 4) is 0 Å². The van der Waals surface area contributed by atoms with E-state index in [4.69, 9.17) is 16.3 Å². The van der Waals surface area contributed by atoms with Crippen molar-refractivity contribution >= 4 is 33.6 Å². The highest BCUT2D eigenvalue weighted by Gasteiger charge is 2.32. The number of nitrogens with zero attached hydrogens (tertiary/aromatic N) is 1. The highest BCUT2D eigenvalue weighted by atomic mass is 35.5. The zero-order valence-electron chi connectivity index (χ0n) is 15.4. The van der Waals surface area contributed by atoms with Gasteiger partial charge in [0, 0.05) is 32.1 Å². The lowest BCUT2D eigenvalue weighted by Gasteiger charge is -2.30. The van der Waals surface area contributed by atoms with E-state index in [1.54, 1.807) is 6.92 Å². The monoisotopic (exact) mass is 435 g/mol. The molecule has 1 aliphatic rings. The van der Waals surface area contributed by atoms with Crippen LogP contribution in [0.25, 0.3) is 0 Å². The van der Waals surface area contributed by atoms with Crippen LogP contribution < -0.4 is 10.6 Å². The van der Waals surface area contributed by atoms with Crippen molar-refractivity contribution in [1.29, 1.82) is 0 Å². The Morgan fingerprint density at radius 2 is 1.89 bits per heavy atom. The molecule has 0 unspecified atom stereocenters. The van der Waals surface area contributed by atoms with Crippen LogP contribution in [0.2, 0.25) is 5.02 Å². The van der Waals surface area contributed by atoms with Gasteiger partial charge in [-0.1, -0.05) is 11.6 Å². The minimum atomic E-state index is -3.80. The lowest BCUT2D eigenvalue weighted by Crippen LogP contribution is -2.44. The van der Waals surface area contributed by atoms with E-state index < -0.39 is 21.9 Å². The van der Waals surface area contributed by atoms with Crippen LogP contribution in [0.4, 0.5) is 9.18 Å². The number of carbonyl (C=O) groups is 2. The highest BCUT2D eigenvalue weighted by Crippen LogP contribution is 2.26. The highest BCUT2D eigenvalue weighted by molar-refractivity contribution is 7.89.